The Balaban J connectivity index is 1.59. The van der Waals surface area contributed by atoms with Crippen LogP contribution < -0.4 is 14.8 Å². The molecular weight excluding hydrogens is 356 g/mol. The summed E-state index contributed by atoms with van der Waals surface area (Å²) in [6, 6.07) is 15.9. The summed E-state index contributed by atoms with van der Waals surface area (Å²) in [6.07, 6.45) is 0. The van der Waals surface area contributed by atoms with Crippen molar-refractivity contribution < 1.29 is 19.0 Å². The molecule has 0 aromatic heterocycles. The lowest BCUT2D eigenvalue weighted by atomic mass is 10.0. The number of nitrogens with one attached hydrogen (secondary N) is 1. The molecule has 0 spiro atoms. The van der Waals surface area contributed by atoms with Gasteiger partial charge in [0.05, 0.1) is 26.4 Å². The van der Waals surface area contributed by atoms with Crippen molar-refractivity contribution >= 4 is 5.91 Å². The molecule has 1 atom stereocenters. The summed E-state index contributed by atoms with van der Waals surface area (Å²) in [6.45, 7) is 5.68. The molecule has 1 heterocycles. The number of hydrogen-bond donors (Lipinski definition) is 1. The van der Waals surface area contributed by atoms with Crippen molar-refractivity contribution in [2.45, 2.75) is 13.0 Å². The van der Waals surface area contributed by atoms with Crippen LogP contribution in [0.25, 0.3) is 0 Å². The predicted octanol–water partition coefficient (Wildman–Crippen LogP) is 2.57. The minimum atomic E-state index is -0.156. The summed E-state index contributed by atoms with van der Waals surface area (Å²) < 4.78 is 16.3. The van der Waals surface area contributed by atoms with Crippen molar-refractivity contribution in [2.24, 2.45) is 0 Å². The number of ether oxygens (including phenoxy) is 3. The van der Waals surface area contributed by atoms with Crippen LogP contribution in [0.4, 0.5) is 0 Å². The molecule has 1 aliphatic heterocycles. The van der Waals surface area contributed by atoms with Crippen molar-refractivity contribution in [1.82, 2.24) is 10.2 Å². The fourth-order valence-corrected chi connectivity index (χ4v) is 3.28. The average molecular weight is 384 g/mol. The lowest BCUT2D eigenvalue weighted by molar-refractivity contribution is -0.123. The second-order valence-corrected chi connectivity index (χ2v) is 6.82. The summed E-state index contributed by atoms with van der Waals surface area (Å²) in [5, 5.41) is 3.01. The van der Waals surface area contributed by atoms with Crippen LogP contribution in [0.3, 0.4) is 0 Å². The van der Waals surface area contributed by atoms with Gasteiger partial charge in [-0.15, -0.1) is 0 Å². The minimum Gasteiger partial charge on any atom is -0.493 e. The molecular formula is C22H28N2O4. The van der Waals surface area contributed by atoms with Crippen LogP contribution in [0.5, 0.6) is 11.5 Å². The van der Waals surface area contributed by atoms with E-state index >= 15 is 0 Å². The van der Waals surface area contributed by atoms with Gasteiger partial charge in [-0.2, -0.15) is 0 Å². The topological polar surface area (TPSA) is 60.0 Å². The van der Waals surface area contributed by atoms with Crippen LogP contribution >= 0.6 is 0 Å². The van der Waals surface area contributed by atoms with Crippen molar-refractivity contribution in [3.05, 3.63) is 59.7 Å². The van der Waals surface area contributed by atoms with Crippen molar-refractivity contribution in [3.63, 3.8) is 0 Å². The Labute approximate surface area is 166 Å². The van der Waals surface area contributed by atoms with Gasteiger partial charge < -0.3 is 19.5 Å². The number of amides is 1. The van der Waals surface area contributed by atoms with Gasteiger partial charge in [0.25, 0.3) is 5.91 Å². The number of benzene rings is 2. The van der Waals surface area contributed by atoms with Gasteiger partial charge in [-0.05, 0) is 24.6 Å². The number of hydrogen-bond acceptors (Lipinski definition) is 5. The molecule has 1 aliphatic rings. The predicted molar refractivity (Wildman–Crippen MR) is 108 cm³/mol. The molecule has 28 heavy (non-hydrogen) atoms. The Morgan fingerprint density at radius 3 is 2.46 bits per heavy atom. The lowest BCUT2D eigenvalue weighted by Crippen LogP contribution is -2.44. The van der Waals surface area contributed by atoms with Gasteiger partial charge in [0, 0.05) is 19.6 Å². The maximum Gasteiger partial charge on any atom is 0.258 e. The van der Waals surface area contributed by atoms with Crippen LogP contribution in [0.2, 0.25) is 0 Å². The Morgan fingerprint density at radius 1 is 1.11 bits per heavy atom. The minimum absolute atomic E-state index is 0.0515. The van der Waals surface area contributed by atoms with E-state index in [0.717, 1.165) is 13.1 Å². The normalized spacial score (nSPS) is 15.6. The molecule has 1 amide bonds. The number of morpholine rings is 1. The van der Waals surface area contributed by atoms with Crippen LogP contribution in [0.1, 0.15) is 17.2 Å². The highest BCUT2D eigenvalue weighted by Crippen LogP contribution is 2.25. The molecule has 2 aromatic rings. The standard InChI is InChI=1S/C22H28N2O4/c1-17-7-9-18(10-8-17)19(24-11-13-27-14-12-24)15-23-22(25)16-28-21-6-4-3-5-20(21)26-2/h3-10,19H,11-16H2,1-2H3,(H,23,25)/t19-/m0/s1. The number of carbonyl (C=O) groups excluding carboxylic acids is 1. The fraction of sp³-hybridized carbons (Fsp3) is 0.409. The van der Waals surface area contributed by atoms with E-state index in [1.54, 1.807) is 19.2 Å². The Hall–Kier alpha value is -2.57. The number of methoxy groups -OCH3 is 1. The molecule has 0 aliphatic carbocycles. The third-order valence-electron chi connectivity index (χ3n) is 4.87. The van der Waals surface area contributed by atoms with Gasteiger partial charge >= 0.3 is 0 Å². The smallest absolute Gasteiger partial charge is 0.258 e. The number of aryl methyl sites for hydroxylation is 1. The summed E-state index contributed by atoms with van der Waals surface area (Å²) >= 11 is 0. The van der Waals surface area contributed by atoms with E-state index in [1.807, 2.05) is 12.1 Å². The van der Waals surface area contributed by atoms with Crippen LogP contribution in [0, 0.1) is 6.92 Å². The molecule has 1 fully saturated rings. The second-order valence-electron chi connectivity index (χ2n) is 6.82. The van der Waals surface area contributed by atoms with Crippen molar-refractivity contribution in [1.29, 1.82) is 0 Å². The Bertz CT molecular complexity index is 757. The highest BCUT2D eigenvalue weighted by molar-refractivity contribution is 5.77. The zero-order valence-corrected chi connectivity index (χ0v) is 16.5. The quantitative estimate of drug-likeness (QED) is 0.758. The molecule has 6 nitrogen and oxygen atoms in total. The van der Waals surface area contributed by atoms with Crippen molar-refractivity contribution in [2.75, 3.05) is 46.6 Å². The number of carbonyl (C=O) groups is 1. The maximum atomic E-state index is 12.4. The first-order chi connectivity index (χ1) is 13.7. The summed E-state index contributed by atoms with van der Waals surface area (Å²) in [4.78, 5) is 14.7. The molecule has 0 bridgehead atoms. The first kappa shape index (κ1) is 20.2. The molecule has 6 heteroatoms. The van der Waals surface area contributed by atoms with E-state index in [-0.39, 0.29) is 18.6 Å². The average Bonchev–Trinajstić information content (AvgIpc) is 2.74. The molecule has 0 unspecified atom stereocenters. The highest BCUT2D eigenvalue weighted by atomic mass is 16.5. The highest BCUT2D eigenvalue weighted by Gasteiger charge is 2.23. The summed E-state index contributed by atoms with van der Waals surface area (Å²) in [7, 11) is 1.58. The number of rotatable bonds is 8. The zero-order valence-electron chi connectivity index (χ0n) is 16.5. The van der Waals surface area contributed by atoms with Gasteiger partial charge in [0.15, 0.2) is 18.1 Å². The Morgan fingerprint density at radius 2 is 1.79 bits per heavy atom. The number of nitrogens with zero attached hydrogens (tertiary/aromatic N) is 1. The molecule has 0 saturated carbocycles. The van der Waals surface area contributed by atoms with Gasteiger partial charge in [-0.25, -0.2) is 0 Å². The number of para-hydroxylation sites is 2. The van der Waals surface area contributed by atoms with E-state index in [0.29, 0.717) is 31.3 Å². The third-order valence-corrected chi connectivity index (χ3v) is 4.87. The van der Waals surface area contributed by atoms with E-state index in [2.05, 4.69) is 41.4 Å². The molecule has 150 valence electrons. The van der Waals surface area contributed by atoms with Crippen LogP contribution in [-0.4, -0.2) is 57.4 Å². The molecule has 1 N–H and O–H groups in total. The third kappa shape index (κ3) is 5.47. The van der Waals surface area contributed by atoms with Crippen LogP contribution in [0.15, 0.2) is 48.5 Å². The van der Waals surface area contributed by atoms with E-state index in [9.17, 15) is 4.79 Å². The molecule has 2 aromatic carbocycles. The first-order valence-electron chi connectivity index (χ1n) is 9.58. The largest absolute Gasteiger partial charge is 0.493 e. The zero-order chi connectivity index (χ0) is 19.8. The van der Waals surface area contributed by atoms with E-state index in [4.69, 9.17) is 14.2 Å². The molecule has 3 rings (SSSR count). The summed E-state index contributed by atoms with van der Waals surface area (Å²) in [5.74, 6) is 1.01. The second kappa shape index (κ2) is 10.1. The van der Waals surface area contributed by atoms with E-state index in [1.165, 1.54) is 11.1 Å². The SMILES string of the molecule is COc1ccccc1OCC(=O)NC[C@@H](c1ccc(C)cc1)N1CCOCC1. The molecule has 1 saturated heterocycles. The summed E-state index contributed by atoms with van der Waals surface area (Å²) in [5.41, 5.74) is 2.41. The van der Waals surface area contributed by atoms with Gasteiger partial charge in [-0.1, -0.05) is 42.0 Å². The van der Waals surface area contributed by atoms with Gasteiger partial charge in [0.1, 0.15) is 0 Å². The molecule has 0 radical (unpaired) electrons. The van der Waals surface area contributed by atoms with Gasteiger partial charge in [-0.3, -0.25) is 9.69 Å². The van der Waals surface area contributed by atoms with E-state index < -0.39 is 0 Å². The lowest BCUT2D eigenvalue weighted by Gasteiger charge is -2.35. The van der Waals surface area contributed by atoms with Crippen LogP contribution in [-0.2, 0) is 9.53 Å². The maximum absolute atomic E-state index is 12.4. The Kier molecular flexibility index (Phi) is 7.28. The first-order valence-corrected chi connectivity index (χ1v) is 9.58. The monoisotopic (exact) mass is 384 g/mol. The van der Waals surface area contributed by atoms with Crippen molar-refractivity contribution in [3.8, 4) is 11.5 Å². The van der Waals surface area contributed by atoms with Gasteiger partial charge in [0.2, 0.25) is 0 Å². The fourth-order valence-electron chi connectivity index (χ4n) is 3.28.